The van der Waals surface area contributed by atoms with Gasteiger partial charge in [-0.05, 0) is 50.0 Å². The summed E-state index contributed by atoms with van der Waals surface area (Å²) in [5, 5.41) is 23.7. The average Bonchev–Trinajstić information content (AvgIpc) is 2.85. The van der Waals surface area contributed by atoms with E-state index in [1.54, 1.807) is 6.07 Å². The van der Waals surface area contributed by atoms with Gasteiger partial charge in [-0.3, -0.25) is 28.9 Å². The molecule has 14 heteroatoms. The van der Waals surface area contributed by atoms with Crippen LogP contribution in [-0.2, 0) is 36.9 Å². The van der Waals surface area contributed by atoms with E-state index in [4.69, 9.17) is 21.9 Å². The van der Waals surface area contributed by atoms with Crippen molar-refractivity contribution in [1.29, 1.82) is 5.26 Å². The molecule has 3 aliphatic carbocycles. The van der Waals surface area contributed by atoms with E-state index in [0.717, 1.165) is 0 Å². The number of nitrogens with zero attached hydrogens (tertiary/aromatic N) is 2. The van der Waals surface area contributed by atoms with E-state index in [1.165, 1.54) is 31.1 Å². The van der Waals surface area contributed by atoms with Crippen LogP contribution in [0.5, 0.6) is 5.75 Å². The molecule has 42 heavy (non-hydrogen) atoms. The number of aromatic hydroxyl groups is 1. The van der Waals surface area contributed by atoms with Crippen molar-refractivity contribution in [1.82, 2.24) is 10.2 Å². The van der Waals surface area contributed by atoms with Gasteiger partial charge in [0.15, 0.2) is 34.5 Å². The zero-order valence-corrected chi connectivity index (χ0v) is 23.7. The molecule has 2 saturated carbocycles. The van der Waals surface area contributed by atoms with Gasteiger partial charge in [0.05, 0.1) is 29.8 Å². The molecular formula is C28H34N6O8. The van der Waals surface area contributed by atoms with Crippen LogP contribution >= 0.6 is 0 Å². The Labute approximate surface area is 241 Å². The molecule has 6 atom stereocenters. The van der Waals surface area contributed by atoms with Crippen LogP contribution in [0, 0.1) is 34.5 Å². The van der Waals surface area contributed by atoms with Crippen LogP contribution in [0.3, 0.4) is 0 Å². The Morgan fingerprint density at radius 3 is 2.38 bits per heavy atom. The lowest BCUT2D eigenvalue weighted by atomic mass is 9.42. The van der Waals surface area contributed by atoms with Gasteiger partial charge < -0.3 is 32.4 Å². The molecule has 4 rings (SSSR count). The van der Waals surface area contributed by atoms with E-state index in [0.29, 0.717) is 5.56 Å². The van der Waals surface area contributed by atoms with Gasteiger partial charge in [0.1, 0.15) is 11.7 Å². The number of nitrogens with two attached hydrogens (primary N) is 3. The summed E-state index contributed by atoms with van der Waals surface area (Å²) in [5.74, 6) is -10.3. The van der Waals surface area contributed by atoms with Crippen LogP contribution in [-0.4, -0.2) is 83.0 Å². The van der Waals surface area contributed by atoms with Crippen LogP contribution in [0.1, 0.15) is 41.8 Å². The molecule has 2 unspecified atom stereocenters. The van der Waals surface area contributed by atoms with Crippen LogP contribution < -0.4 is 22.5 Å². The second kappa shape index (κ2) is 10.3. The Kier molecular flexibility index (Phi) is 7.52. The third kappa shape index (κ3) is 4.19. The van der Waals surface area contributed by atoms with E-state index in [9.17, 15) is 39.1 Å². The maximum atomic E-state index is 14.3. The minimum absolute atomic E-state index is 0.0968. The molecule has 0 heterocycles. The smallest absolute Gasteiger partial charge is 0.407 e. The number of fused-ring (bicyclic) bond motifs is 3. The molecule has 224 valence electrons. The molecule has 2 amide bonds. The number of primary amides is 1. The van der Waals surface area contributed by atoms with E-state index < -0.39 is 81.7 Å². The highest BCUT2D eigenvalue weighted by Gasteiger charge is 2.78. The van der Waals surface area contributed by atoms with Crippen LogP contribution in [0.4, 0.5) is 4.79 Å². The second-order valence-electron chi connectivity index (χ2n) is 12.1. The van der Waals surface area contributed by atoms with Gasteiger partial charge in [-0.15, -0.1) is 0 Å². The number of phenolic OH excluding ortho intramolecular Hbond substituents is 1. The topological polar surface area (TPSA) is 249 Å². The number of ether oxygens (including phenoxy) is 1. The van der Waals surface area contributed by atoms with Gasteiger partial charge in [0.25, 0.3) is 0 Å². The number of amides is 2. The number of phenols is 1. The standard InChI is InChI=1S/C28H34N6O8/c1-12(2)9-42-25(41)33-8-13-5-6-15(35)16-14(13)7-26(31)10-28(32)21(34(3)4)20(37)17(24(30)40)22(38)27(28,11-29)23(39)18(26)19(16)36/h5-6,12,17-18,21,35H,7-10,31-32H2,1-4H3,(H2,30,40)(H,33,41)/t17?,18?,21-,26-,27+,28-/m1/s1. The molecule has 2 fully saturated rings. The Bertz CT molecular complexity index is 1470. The summed E-state index contributed by atoms with van der Waals surface area (Å²) in [6, 6.07) is 2.85. The summed E-state index contributed by atoms with van der Waals surface area (Å²) in [6.45, 7) is 3.79. The predicted octanol–water partition coefficient (Wildman–Crippen LogP) is -1.31. The minimum Gasteiger partial charge on any atom is -0.507 e. The summed E-state index contributed by atoms with van der Waals surface area (Å²) < 4.78 is 5.13. The summed E-state index contributed by atoms with van der Waals surface area (Å²) in [4.78, 5) is 81.2. The number of likely N-dealkylation sites (N-methyl/N-ethyl adjacent to an activating group) is 1. The number of nitrogens with one attached hydrogen (secondary N) is 1. The highest BCUT2D eigenvalue weighted by molar-refractivity contribution is 6.33. The average molecular weight is 583 g/mol. The lowest BCUT2D eigenvalue weighted by Crippen LogP contribution is -2.85. The molecule has 0 saturated heterocycles. The molecule has 8 N–H and O–H groups in total. The van der Waals surface area contributed by atoms with Gasteiger partial charge in [0, 0.05) is 12.1 Å². The minimum atomic E-state index is -2.81. The summed E-state index contributed by atoms with van der Waals surface area (Å²) in [7, 11) is 2.85. The maximum Gasteiger partial charge on any atom is 0.407 e. The molecule has 0 spiro atoms. The Hall–Kier alpha value is -4.19. The number of ketones is 4. The van der Waals surface area contributed by atoms with Gasteiger partial charge in [-0.2, -0.15) is 5.26 Å². The Morgan fingerprint density at radius 2 is 1.83 bits per heavy atom. The molecule has 1 aromatic carbocycles. The van der Waals surface area contributed by atoms with E-state index >= 15 is 0 Å². The zero-order chi connectivity index (χ0) is 31.5. The van der Waals surface area contributed by atoms with Crippen molar-refractivity contribution >= 4 is 35.1 Å². The third-order valence-corrected chi connectivity index (χ3v) is 8.54. The lowest BCUT2D eigenvalue weighted by Gasteiger charge is -2.60. The number of carbonyl (C=O) groups excluding carboxylic acids is 6. The first-order valence-corrected chi connectivity index (χ1v) is 13.3. The molecule has 0 radical (unpaired) electrons. The van der Waals surface area contributed by atoms with Crippen molar-refractivity contribution in [2.24, 2.45) is 40.4 Å². The predicted molar refractivity (Wildman–Crippen MR) is 144 cm³/mol. The van der Waals surface area contributed by atoms with Crippen molar-refractivity contribution in [3.05, 3.63) is 28.8 Å². The molecule has 0 aromatic heterocycles. The van der Waals surface area contributed by atoms with Gasteiger partial charge in [-0.1, -0.05) is 19.9 Å². The van der Waals surface area contributed by atoms with Crippen molar-refractivity contribution < 1.29 is 38.6 Å². The number of nitriles is 1. The van der Waals surface area contributed by atoms with E-state index in [-0.39, 0.29) is 36.6 Å². The lowest BCUT2D eigenvalue weighted by molar-refractivity contribution is -0.166. The number of benzene rings is 1. The molecule has 14 nitrogen and oxygen atoms in total. The summed E-state index contributed by atoms with van der Waals surface area (Å²) >= 11 is 0. The monoisotopic (exact) mass is 582 g/mol. The van der Waals surface area contributed by atoms with Crippen molar-refractivity contribution in [3.63, 3.8) is 0 Å². The van der Waals surface area contributed by atoms with Crippen LogP contribution in [0.25, 0.3) is 0 Å². The fourth-order valence-electron chi connectivity index (χ4n) is 6.90. The highest BCUT2D eigenvalue weighted by atomic mass is 16.5. The van der Waals surface area contributed by atoms with Gasteiger partial charge >= 0.3 is 6.09 Å². The van der Waals surface area contributed by atoms with E-state index in [2.05, 4.69) is 5.32 Å². The second-order valence-corrected chi connectivity index (χ2v) is 12.1. The van der Waals surface area contributed by atoms with E-state index in [1.807, 2.05) is 13.8 Å². The molecule has 1 aromatic rings. The van der Waals surface area contributed by atoms with Gasteiger partial charge in [0.2, 0.25) is 5.91 Å². The molecule has 3 aliphatic rings. The molecule has 0 bridgehead atoms. The number of hydrogen-bond donors (Lipinski definition) is 5. The normalized spacial score (nSPS) is 32.1. The van der Waals surface area contributed by atoms with Crippen LogP contribution in [0.15, 0.2) is 12.1 Å². The maximum absolute atomic E-state index is 14.3. The first kappa shape index (κ1) is 30.8. The third-order valence-electron chi connectivity index (χ3n) is 8.54. The quantitative estimate of drug-likeness (QED) is 0.245. The first-order valence-electron chi connectivity index (χ1n) is 13.3. The zero-order valence-electron chi connectivity index (χ0n) is 23.7. The number of carbonyl (C=O) groups is 6. The fourth-order valence-corrected chi connectivity index (χ4v) is 6.90. The highest BCUT2D eigenvalue weighted by Crippen LogP contribution is 2.56. The number of alkyl carbamates (subject to hydrolysis) is 1. The number of Topliss-reactive ketones (excluding diaryl/α,β-unsaturated/α-hetero) is 4. The number of rotatable bonds is 6. The van der Waals surface area contributed by atoms with Gasteiger partial charge in [-0.25, -0.2) is 4.79 Å². The summed E-state index contributed by atoms with van der Waals surface area (Å²) in [6.07, 6.45) is -1.48. The van der Waals surface area contributed by atoms with Crippen molar-refractivity contribution in [2.45, 2.75) is 50.4 Å². The Morgan fingerprint density at radius 1 is 1.19 bits per heavy atom. The SMILES string of the molecule is CC(C)COC(=O)NCc1ccc(O)c2c1C[C@@]1(N)C[C@@]3(N)[C@H](N(C)C)C(=O)C(C(N)=O)C(=O)[C@@]3(C#N)C(=O)C1C2=O. The van der Waals surface area contributed by atoms with Crippen LogP contribution in [0.2, 0.25) is 0 Å². The molecular weight excluding hydrogens is 548 g/mol. The largest absolute Gasteiger partial charge is 0.507 e. The summed E-state index contributed by atoms with van der Waals surface area (Å²) in [5.41, 5.74) is 12.5. The first-order chi connectivity index (χ1) is 19.5. The number of hydrogen-bond acceptors (Lipinski definition) is 12. The fraction of sp³-hybridized carbons (Fsp3) is 0.536. The Balaban J connectivity index is 1.86. The van der Waals surface area contributed by atoms with Crippen molar-refractivity contribution in [2.75, 3.05) is 20.7 Å². The molecule has 0 aliphatic heterocycles. The van der Waals surface area contributed by atoms with Crippen molar-refractivity contribution in [3.8, 4) is 11.8 Å².